The van der Waals surface area contributed by atoms with E-state index in [1.807, 2.05) is 24.3 Å². The second-order valence-electron chi connectivity index (χ2n) is 12.2. The Bertz CT molecular complexity index is 1460. The van der Waals surface area contributed by atoms with Crippen molar-refractivity contribution >= 4 is 28.5 Å². The lowest BCUT2D eigenvalue weighted by molar-refractivity contribution is 0.103. The topological polar surface area (TPSA) is 87.4 Å². The van der Waals surface area contributed by atoms with Gasteiger partial charge in [0.05, 0.1) is 22.8 Å². The standard InChI is InChI=1S/C33H40F2N8O/c1-21(2)27-31(42-17-13-40(14-18-42)25-9-5-23(34)6-10-25)29(38-36-27)33(44)30-32(28(22(3)4)37-39-30)43-19-15-41(16-20-43)26-11-7-24(35)8-12-26/h5-12,21-22H,13-20H2,1-4H3,(H,36,38)(H,37,39). The minimum absolute atomic E-state index is 0.138. The zero-order chi connectivity index (χ0) is 31.0. The summed E-state index contributed by atoms with van der Waals surface area (Å²) in [5, 5.41) is 15.5. The number of aromatic amines is 2. The van der Waals surface area contributed by atoms with Gasteiger partial charge >= 0.3 is 0 Å². The number of nitrogens with one attached hydrogen (secondary N) is 2. The van der Waals surface area contributed by atoms with E-state index in [4.69, 9.17) is 0 Å². The third-order valence-corrected chi connectivity index (χ3v) is 8.70. The van der Waals surface area contributed by atoms with E-state index in [0.717, 1.165) is 60.3 Å². The number of rotatable bonds is 8. The number of carbonyl (C=O) groups excluding carboxylic acids is 1. The van der Waals surface area contributed by atoms with Gasteiger partial charge in [0.25, 0.3) is 0 Å². The number of carbonyl (C=O) groups is 1. The molecule has 0 aliphatic carbocycles. The molecule has 2 aromatic carbocycles. The molecular weight excluding hydrogens is 562 g/mol. The first-order valence-corrected chi connectivity index (χ1v) is 15.4. The molecule has 0 atom stereocenters. The molecule has 6 rings (SSSR count). The van der Waals surface area contributed by atoms with E-state index in [0.29, 0.717) is 37.6 Å². The lowest BCUT2D eigenvalue weighted by Crippen LogP contribution is -2.47. The van der Waals surface area contributed by atoms with Crippen LogP contribution in [-0.4, -0.2) is 78.5 Å². The Morgan fingerprint density at radius 1 is 0.591 bits per heavy atom. The van der Waals surface area contributed by atoms with Crippen LogP contribution in [-0.2, 0) is 0 Å². The molecule has 4 aromatic rings. The summed E-state index contributed by atoms with van der Waals surface area (Å²) in [5.41, 5.74) is 6.28. The highest BCUT2D eigenvalue weighted by Gasteiger charge is 2.34. The minimum atomic E-state index is -0.247. The van der Waals surface area contributed by atoms with Gasteiger partial charge in [-0.15, -0.1) is 0 Å². The molecule has 0 saturated carbocycles. The first-order chi connectivity index (χ1) is 21.2. The summed E-state index contributed by atoms with van der Waals surface area (Å²) in [6.45, 7) is 14.2. The lowest BCUT2D eigenvalue weighted by atomic mass is 10.0. The number of halogens is 2. The fourth-order valence-corrected chi connectivity index (χ4v) is 6.25. The van der Waals surface area contributed by atoms with Crippen molar-refractivity contribution in [2.24, 2.45) is 0 Å². The molecule has 0 bridgehead atoms. The van der Waals surface area contributed by atoms with Gasteiger partial charge in [0, 0.05) is 63.7 Å². The van der Waals surface area contributed by atoms with E-state index in [-0.39, 0.29) is 29.3 Å². The summed E-state index contributed by atoms with van der Waals surface area (Å²) in [7, 11) is 0. The second kappa shape index (κ2) is 12.3. The Morgan fingerprint density at radius 2 is 0.909 bits per heavy atom. The Kier molecular flexibility index (Phi) is 8.29. The lowest BCUT2D eigenvalue weighted by Gasteiger charge is -2.38. The average molecular weight is 603 g/mol. The Hall–Kier alpha value is -4.41. The van der Waals surface area contributed by atoms with Crippen molar-refractivity contribution in [1.29, 1.82) is 0 Å². The van der Waals surface area contributed by atoms with Gasteiger partial charge in [0.1, 0.15) is 11.6 Å². The van der Waals surface area contributed by atoms with E-state index in [1.54, 1.807) is 0 Å². The molecule has 0 spiro atoms. The maximum absolute atomic E-state index is 14.4. The first kappa shape index (κ1) is 29.7. The normalized spacial score (nSPS) is 16.0. The van der Waals surface area contributed by atoms with Crippen molar-refractivity contribution < 1.29 is 13.6 Å². The van der Waals surface area contributed by atoms with Gasteiger partial charge in [-0.2, -0.15) is 10.2 Å². The fraction of sp³-hybridized carbons (Fsp3) is 0.424. The molecular formula is C33H40F2N8O. The molecule has 0 amide bonds. The monoisotopic (exact) mass is 602 g/mol. The number of nitrogens with zero attached hydrogens (tertiary/aromatic N) is 6. The van der Waals surface area contributed by atoms with Crippen LogP contribution in [0.3, 0.4) is 0 Å². The van der Waals surface area contributed by atoms with Gasteiger partial charge in [-0.05, 0) is 60.4 Å². The number of H-pyrrole nitrogens is 2. The molecule has 232 valence electrons. The molecule has 11 heteroatoms. The zero-order valence-corrected chi connectivity index (χ0v) is 25.8. The first-order valence-electron chi connectivity index (χ1n) is 15.4. The molecule has 4 heterocycles. The Balaban J connectivity index is 1.26. The predicted molar refractivity (Wildman–Crippen MR) is 170 cm³/mol. The van der Waals surface area contributed by atoms with Gasteiger partial charge < -0.3 is 19.6 Å². The summed E-state index contributed by atoms with van der Waals surface area (Å²) in [5.74, 6) is -0.423. The maximum Gasteiger partial charge on any atom is 0.237 e. The predicted octanol–water partition coefficient (Wildman–Crippen LogP) is 5.54. The van der Waals surface area contributed by atoms with Crippen molar-refractivity contribution in [3.05, 3.63) is 82.9 Å². The third-order valence-electron chi connectivity index (χ3n) is 8.70. The number of hydrogen-bond donors (Lipinski definition) is 2. The highest BCUT2D eigenvalue weighted by atomic mass is 19.1. The molecule has 2 N–H and O–H groups in total. The smallest absolute Gasteiger partial charge is 0.237 e. The molecule has 0 radical (unpaired) electrons. The Labute approximate surface area is 256 Å². The van der Waals surface area contributed by atoms with Crippen LogP contribution < -0.4 is 19.6 Å². The van der Waals surface area contributed by atoms with E-state index in [1.165, 1.54) is 24.3 Å². The number of anilines is 4. The largest absolute Gasteiger partial charge is 0.368 e. The van der Waals surface area contributed by atoms with Crippen molar-refractivity contribution in [3.8, 4) is 0 Å². The van der Waals surface area contributed by atoms with Gasteiger partial charge in [0.2, 0.25) is 5.78 Å². The number of aromatic nitrogens is 4. The van der Waals surface area contributed by atoms with Crippen molar-refractivity contribution in [2.45, 2.75) is 39.5 Å². The molecule has 0 unspecified atom stereocenters. The van der Waals surface area contributed by atoms with Crippen LogP contribution in [0.2, 0.25) is 0 Å². The zero-order valence-electron chi connectivity index (χ0n) is 25.8. The highest BCUT2D eigenvalue weighted by molar-refractivity contribution is 6.13. The minimum Gasteiger partial charge on any atom is -0.368 e. The number of piperazine rings is 2. The van der Waals surface area contributed by atoms with Gasteiger partial charge in [0.15, 0.2) is 11.4 Å². The Morgan fingerprint density at radius 3 is 1.23 bits per heavy atom. The van der Waals surface area contributed by atoms with Gasteiger partial charge in [-0.3, -0.25) is 15.0 Å². The van der Waals surface area contributed by atoms with Crippen LogP contribution in [0.15, 0.2) is 48.5 Å². The van der Waals surface area contributed by atoms with E-state index in [9.17, 15) is 13.6 Å². The third kappa shape index (κ3) is 5.75. The van der Waals surface area contributed by atoms with Crippen molar-refractivity contribution in [3.63, 3.8) is 0 Å². The van der Waals surface area contributed by atoms with E-state index in [2.05, 4.69) is 67.7 Å². The summed E-state index contributed by atoms with van der Waals surface area (Å²) in [6.07, 6.45) is 0. The number of benzene rings is 2. The van der Waals surface area contributed by atoms with Crippen molar-refractivity contribution in [1.82, 2.24) is 20.4 Å². The quantitative estimate of drug-likeness (QED) is 0.256. The van der Waals surface area contributed by atoms with Crippen LogP contribution in [0.1, 0.15) is 67.1 Å². The highest BCUT2D eigenvalue weighted by Crippen LogP contribution is 2.36. The van der Waals surface area contributed by atoms with E-state index < -0.39 is 0 Å². The van der Waals surface area contributed by atoms with Crippen LogP contribution in [0, 0.1) is 11.6 Å². The fourth-order valence-electron chi connectivity index (χ4n) is 6.25. The van der Waals surface area contributed by atoms with Crippen LogP contribution in [0.4, 0.5) is 31.5 Å². The second-order valence-corrected chi connectivity index (χ2v) is 12.2. The molecule has 2 saturated heterocycles. The summed E-state index contributed by atoms with van der Waals surface area (Å²) >= 11 is 0. The van der Waals surface area contributed by atoms with Crippen molar-refractivity contribution in [2.75, 3.05) is 72.0 Å². The summed E-state index contributed by atoms with van der Waals surface area (Å²) in [4.78, 5) is 23.3. The van der Waals surface area contributed by atoms with E-state index >= 15 is 0 Å². The number of hydrogen-bond acceptors (Lipinski definition) is 7. The van der Waals surface area contributed by atoms with Crippen LogP contribution in [0.5, 0.6) is 0 Å². The van der Waals surface area contributed by atoms with Gasteiger partial charge in [-0.1, -0.05) is 27.7 Å². The summed E-state index contributed by atoms with van der Waals surface area (Å²) in [6, 6.07) is 13.2. The molecule has 2 aromatic heterocycles. The number of ketones is 1. The average Bonchev–Trinajstić information content (AvgIpc) is 3.68. The molecule has 2 aliphatic rings. The van der Waals surface area contributed by atoms with Gasteiger partial charge in [-0.25, -0.2) is 8.78 Å². The molecule has 2 aliphatic heterocycles. The molecule has 2 fully saturated rings. The molecule has 44 heavy (non-hydrogen) atoms. The summed E-state index contributed by atoms with van der Waals surface area (Å²) < 4.78 is 27.0. The SMILES string of the molecule is CC(C)c1[nH]nc(C(=O)c2n[nH]c(C(C)C)c2N2CCN(c3ccc(F)cc3)CC2)c1N1CCN(c2ccc(F)cc2)CC1. The van der Waals surface area contributed by atoms with Crippen LogP contribution in [0.25, 0.3) is 0 Å². The maximum atomic E-state index is 14.4. The van der Waals surface area contributed by atoms with Crippen LogP contribution >= 0.6 is 0 Å². The molecule has 9 nitrogen and oxygen atoms in total.